The number of pyridine rings is 1. The highest BCUT2D eigenvalue weighted by atomic mass is 32.2. The molecule has 2 amide bonds. The average molecular weight is 475 g/mol. The first-order valence-electron chi connectivity index (χ1n) is 12.0. The molecule has 0 bridgehead atoms. The third-order valence-corrected chi connectivity index (χ3v) is 7.43. The van der Waals surface area contributed by atoms with Gasteiger partial charge in [0.2, 0.25) is 5.91 Å². The van der Waals surface area contributed by atoms with Crippen LogP contribution in [0, 0.1) is 0 Å². The predicted molar refractivity (Wildman–Crippen MR) is 136 cm³/mol. The van der Waals surface area contributed by atoms with Gasteiger partial charge in [-0.05, 0) is 37.5 Å². The van der Waals surface area contributed by atoms with Crippen LogP contribution in [0.25, 0.3) is 10.9 Å². The number of para-hydroxylation sites is 1. The van der Waals surface area contributed by atoms with Crippen LogP contribution in [0.3, 0.4) is 0 Å². The van der Waals surface area contributed by atoms with E-state index in [-0.39, 0.29) is 23.1 Å². The Bertz CT molecular complexity index is 1170. The van der Waals surface area contributed by atoms with Crippen molar-refractivity contribution in [2.75, 3.05) is 26.2 Å². The van der Waals surface area contributed by atoms with E-state index in [0.717, 1.165) is 56.5 Å². The zero-order valence-electron chi connectivity index (χ0n) is 19.4. The third kappa shape index (κ3) is 5.42. The molecule has 0 radical (unpaired) electrons. The number of nitrogens with zero attached hydrogens (tertiary/aromatic N) is 3. The summed E-state index contributed by atoms with van der Waals surface area (Å²) >= 11 is 1.43. The van der Waals surface area contributed by atoms with Gasteiger partial charge < -0.3 is 10.2 Å². The molecular weight excluding hydrogens is 444 g/mol. The van der Waals surface area contributed by atoms with E-state index < -0.39 is 0 Å². The number of aromatic nitrogens is 1. The lowest BCUT2D eigenvalue weighted by molar-refractivity contribution is -0.132. The van der Waals surface area contributed by atoms with Crippen LogP contribution in [0.1, 0.15) is 35.7 Å². The number of hydrogen-bond donors (Lipinski definition) is 1. The molecule has 2 aromatic carbocycles. The molecular formula is C27H30N4O2S. The van der Waals surface area contributed by atoms with Gasteiger partial charge in [0.25, 0.3) is 5.91 Å². The van der Waals surface area contributed by atoms with E-state index in [1.165, 1.54) is 17.3 Å². The Hall–Kier alpha value is -2.90. The molecule has 1 aromatic heterocycles. The molecule has 34 heavy (non-hydrogen) atoms. The highest BCUT2D eigenvalue weighted by Gasteiger charge is 2.28. The minimum atomic E-state index is -0.270. The first-order chi connectivity index (χ1) is 16.6. The monoisotopic (exact) mass is 474 g/mol. The van der Waals surface area contributed by atoms with Gasteiger partial charge in [0, 0.05) is 44.2 Å². The smallest absolute Gasteiger partial charge is 0.252 e. The van der Waals surface area contributed by atoms with Crippen LogP contribution in [0.2, 0.25) is 0 Å². The van der Waals surface area contributed by atoms with Crippen molar-refractivity contribution in [1.82, 2.24) is 20.1 Å². The lowest BCUT2D eigenvalue weighted by Gasteiger charge is -2.35. The number of carbonyl (C=O) groups excluding carboxylic acids is 2. The standard InChI is InChI=1S/C27H30N4O2S/c1-19(27(33)31-15-13-30(14-16-31)18-20-7-3-2-4-8-20)34-25-17-23(26(32)28-21-11-12-21)22-9-5-6-10-24(22)29-25/h2-10,17,19,21H,11-16,18H2,1H3,(H,28,32). The second-order valence-corrected chi connectivity index (χ2v) is 10.5. The van der Waals surface area contributed by atoms with Crippen LogP contribution in [-0.2, 0) is 11.3 Å². The number of carbonyl (C=O) groups is 2. The maximum atomic E-state index is 13.2. The van der Waals surface area contributed by atoms with Gasteiger partial charge in [-0.3, -0.25) is 14.5 Å². The van der Waals surface area contributed by atoms with Gasteiger partial charge in [-0.2, -0.15) is 0 Å². The molecule has 1 saturated carbocycles. The van der Waals surface area contributed by atoms with Crippen LogP contribution in [0.5, 0.6) is 0 Å². The molecule has 2 fully saturated rings. The van der Waals surface area contributed by atoms with Crippen molar-refractivity contribution in [3.05, 3.63) is 71.8 Å². The van der Waals surface area contributed by atoms with E-state index in [4.69, 9.17) is 4.98 Å². The number of piperazine rings is 1. The van der Waals surface area contributed by atoms with Crippen molar-refractivity contribution < 1.29 is 9.59 Å². The molecule has 5 rings (SSSR count). The average Bonchev–Trinajstić information content (AvgIpc) is 3.68. The molecule has 1 atom stereocenters. The maximum absolute atomic E-state index is 13.2. The summed E-state index contributed by atoms with van der Waals surface area (Å²) in [5.41, 5.74) is 2.71. The SMILES string of the molecule is CC(Sc1cc(C(=O)NC2CC2)c2ccccc2n1)C(=O)N1CCN(Cc2ccccc2)CC1. The van der Waals surface area contributed by atoms with Gasteiger partial charge in [-0.15, -0.1) is 0 Å². The molecule has 6 nitrogen and oxygen atoms in total. The van der Waals surface area contributed by atoms with Gasteiger partial charge >= 0.3 is 0 Å². The summed E-state index contributed by atoms with van der Waals surface area (Å²) in [5.74, 6) is 0.0692. The molecule has 2 aliphatic rings. The summed E-state index contributed by atoms with van der Waals surface area (Å²) < 4.78 is 0. The predicted octanol–water partition coefficient (Wildman–Crippen LogP) is 3.95. The largest absolute Gasteiger partial charge is 0.349 e. The Morgan fingerprint density at radius 1 is 1.03 bits per heavy atom. The second-order valence-electron chi connectivity index (χ2n) is 9.12. The topological polar surface area (TPSA) is 65.5 Å². The molecule has 1 saturated heterocycles. The highest BCUT2D eigenvalue weighted by Crippen LogP contribution is 2.29. The van der Waals surface area contributed by atoms with Crippen LogP contribution in [0.15, 0.2) is 65.7 Å². The Balaban J connectivity index is 1.23. The fraction of sp³-hybridized carbons (Fsp3) is 0.370. The van der Waals surface area contributed by atoms with E-state index in [2.05, 4.69) is 34.5 Å². The minimum Gasteiger partial charge on any atom is -0.349 e. The summed E-state index contributed by atoms with van der Waals surface area (Å²) in [5, 5.41) is 4.37. The summed E-state index contributed by atoms with van der Waals surface area (Å²) in [6.07, 6.45) is 2.08. The van der Waals surface area contributed by atoms with Gasteiger partial charge in [0.15, 0.2) is 0 Å². The van der Waals surface area contributed by atoms with Crippen molar-refractivity contribution in [3.8, 4) is 0 Å². The quantitative estimate of drug-likeness (QED) is 0.525. The van der Waals surface area contributed by atoms with Crippen LogP contribution < -0.4 is 5.32 Å². The van der Waals surface area contributed by atoms with Crippen LogP contribution in [0.4, 0.5) is 0 Å². The Morgan fingerprint density at radius 2 is 1.74 bits per heavy atom. The van der Waals surface area contributed by atoms with E-state index in [9.17, 15) is 9.59 Å². The molecule has 3 aromatic rings. The van der Waals surface area contributed by atoms with E-state index in [0.29, 0.717) is 10.6 Å². The molecule has 176 valence electrons. The van der Waals surface area contributed by atoms with Crippen molar-refractivity contribution in [2.45, 2.75) is 42.6 Å². The highest BCUT2D eigenvalue weighted by molar-refractivity contribution is 8.00. The molecule has 1 aliphatic heterocycles. The van der Waals surface area contributed by atoms with Gasteiger partial charge in [-0.1, -0.05) is 60.3 Å². The van der Waals surface area contributed by atoms with Crippen molar-refractivity contribution >= 4 is 34.5 Å². The lowest BCUT2D eigenvalue weighted by atomic mass is 10.1. The van der Waals surface area contributed by atoms with Gasteiger partial charge in [-0.25, -0.2) is 4.98 Å². The fourth-order valence-corrected chi connectivity index (χ4v) is 5.30. The van der Waals surface area contributed by atoms with E-state index >= 15 is 0 Å². The number of fused-ring (bicyclic) bond motifs is 1. The lowest BCUT2D eigenvalue weighted by Crippen LogP contribution is -2.50. The molecule has 1 unspecified atom stereocenters. The number of thioether (sulfide) groups is 1. The zero-order valence-corrected chi connectivity index (χ0v) is 20.3. The molecule has 0 spiro atoms. The number of rotatable bonds is 7. The van der Waals surface area contributed by atoms with E-state index in [1.54, 1.807) is 0 Å². The number of nitrogens with one attached hydrogen (secondary N) is 1. The van der Waals surface area contributed by atoms with Crippen molar-refractivity contribution in [2.24, 2.45) is 0 Å². The number of amides is 2. The summed E-state index contributed by atoms with van der Waals surface area (Å²) in [7, 11) is 0. The maximum Gasteiger partial charge on any atom is 0.252 e. The fourth-order valence-electron chi connectivity index (χ4n) is 4.35. The first-order valence-corrected chi connectivity index (χ1v) is 12.9. The van der Waals surface area contributed by atoms with Gasteiger partial charge in [0.1, 0.15) is 0 Å². The molecule has 7 heteroatoms. The molecule has 2 heterocycles. The Morgan fingerprint density at radius 3 is 2.47 bits per heavy atom. The summed E-state index contributed by atoms with van der Waals surface area (Å²) in [6.45, 7) is 6.06. The molecule has 1 N–H and O–H groups in total. The first kappa shape index (κ1) is 22.9. The second kappa shape index (κ2) is 10.2. The van der Waals surface area contributed by atoms with Crippen LogP contribution in [-0.4, -0.2) is 64.1 Å². The summed E-state index contributed by atoms with van der Waals surface area (Å²) in [6, 6.07) is 20.3. The number of benzene rings is 2. The molecule has 1 aliphatic carbocycles. The normalized spacial score (nSPS) is 17.5. The van der Waals surface area contributed by atoms with Gasteiger partial charge in [0.05, 0.1) is 21.4 Å². The van der Waals surface area contributed by atoms with E-state index in [1.807, 2.05) is 48.2 Å². The van der Waals surface area contributed by atoms with Crippen molar-refractivity contribution in [3.63, 3.8) is 0 Å². The third-order valence-electron chi connectivity index (χ3n) is 6.43. The Labute approximate surface area is 204 Å². The summed E-state index contributed by atoms with van der Waals surface area (Å²) in [4.78, 5) is 35.1. The Kier molecular flexibility index (Phi) is 6.83. The number of hydrogen-bond acceptors (Lipinski definition) is 5. The van der Waals surface area contributed by atoms with Crippen molar-refractivity contribution in [1.29, 1.82) is 0 Å². The zero-order chi connectivity index (χ0) is 23.5. The van der Waals surface area contributed by atoms with Crippen LogP contribution >= 0.6 is 11.8 Å². The minimum absolute atomic E-state index is 0.0588.